The maximum absolute atomic E-state index is 12.8. The molecule has 2 aromatic heterocycles. The molecular formula is C20H24N4O2S2. The van der Waals surface area contributed by atoms with Gasteiger partial charge in [0.2, 0.25) is 10.0 Å². The third kappa shape index (κ3) is 3.64. The van der Waals surface area contributed by atoms with E-state index in [1.165, 1.54) is 10.4 Å². The molecule has 0 amide bonds. The number of benzene rings is 1. The fraction of sp³-hybridized carbons (Fsp3) is 0.400. The number of aryl methyl sites for hydroxylation is 3. The lowest BCUT2D eigenvalue weighted by Gasteiger charge is -2.35. The fourth-order valence-electron chi connectivity index (χ4n) is 3.62. The zero-order valence-corrected chi connectivity index (χ0v) is 18.0. The highest BCUT2D eigenvalue weighted by Crippen LogP contribution is 2.35. The van der Waals surface area contributed by atoms with Gasteiger partial charge in [-0.05, 0) is 31.9 Å². The van der Waals surface area contributed by atoms with Gasteiger partial charge in [0.25, 0.3) is 0 Å². The molecule has 8 heteroatoms. The van der Waals surface area contributed by atoms with Crippen molar-refractivity contribution < 1.29 is 8.42 Å². The number of sulfonamides is 1. The zero-order valence-electron chi connectivity index (χ0n) is 16.3. The van der Waals surface area contributed by atoms with Gasteiger partial charge in [-0.2, -0.15) is 4.31 Å². The van der Waals surface area contributed by atoms with E-state index in [1.54, 1.807) is 15.6 Å². The second kappa shape index (κ2) is 7.42. The van der Waals surface area contributed by atoms with Gasteiger partial charge in [0.05, 0.1) is 11.1 Å². The molecule has 1 aliphatic rings. The summed E-state index contributed by atoms with van der Waals surface area (Å²) >= 11 is 1.69. The van der Waals surface area contributed by atoms with Crippen LogP contribution in [0.4, 0.5) is 5.82 Å². The molecule has 3 heterocycles. The van der Waals surface area contributed by atoms with E-state index in [9.17, 15) is 8.42 Å². The molecule has 1 saturated heterocycles. The highest BCUT2D eigenvalue weighted by molar-refractivity contribution is 7.88. The third-order valence-electron chi connectivity index (χ3n) is 5.24. The summed E-state index contributed by atoms with van der Waals surface area (Å²) in [5.74, 6) is 1.74. The number of piperazine rings is 1. The highest BCUT2D eigenvalue weighted by atomic mass is 32.2. The Kier molecular flexibility index (Phi) is 5.11. The van der Waals surface area contributed by atoms with Crippen molar-refractivity contribution in [1.82, 2.24) is 14.3 Å². The molecule has 0 radical (unpaired) electrons. The topological polar surface area (TPSA) is 66.4 Å². The van der Waals surface area contributed by atoms with E-state index in [4.69, 9.17) is 4.98 Å². The van der Waals surface area contributed by atoms with E-state index in [0.717, 1.165) is 27.4 Å². The van der Waals surface area contributed by atoms with Crippen LogP contribution in [0.1, 0.15) is 21.8 Å². The minimum Gasteiger partial charge on any atom is -0.353 e. The lowest BCUT2D eigenvalue weighted by molar-refractivity contribution is 0.383. The van der Waals surface area contributed by atoms with Crippen molar-refractivity contribution in [1.29, 1.82) is 0 Å². The second-order valence-electron chi connectivity index (χ2n) is 7.19. The minimum absolute atomic E-state index is 0.0491. The summed E-state index contributed by atoms with van der Waals surface area (Å²) in [5.41, 5.74) is 2.04. The van der Waals surface area contributed by atoms with E-state index in [2.05, 4.69) is 23.7 Å². The molecule has 0 N–H and O–H groups in total. The van der Waals surface area contributed by atoms with Crippen molar-refractivity contribution in [2.45, 2.75) is 26.5 Å². The van der Waals surface area contributed by atoms with Crippen LogP contribution < -0.4 is 4.90 Å². The molecule has 0 aliphatic carbocycles. The van der Waals surface area contributed by atoms with E-state index in [1.807, 2.05) is 37.3 Å². The number of aromatic nitrogens is 2. The Bertz CT molecular complexity index is 1100. The van der Waals surface area contributed by atoms with E-state index < -0.39 is 10.0 Å². The lowest BCUT2D eigenvalue weighted by atomic mass is 10.2. The second-order valence-corrected chi connectivity index (χ2v) is 10.4. The van der Waals surface area contributed by atoms with Crippen LogP contribution in [0.5, 0.6) is 0 Å². The predicted octanol–water partition coefficient (Wildman–Crippen LogP) is 3.27. The van der Waals surface area contributed by atoms with Crippen LogP contribution in [0.15, 0.2) is 30.3 Å². The van der Waals surface area contributed by atoms with Gasteiger partial charge in [-0.1, -0.05) is 30.3 Å². The standard InChI is InChI=1S/C20H24N4O2S2/c1-14-15(2)27-20-18(14)19(21-16(3)22-20)23-9-11-24(12-10-23)28(25,26)13-17-7-5-4-6-8-17/h4-8H,9-13H2,1-3H3. The Balaban J connectivity index is 1.54. The Hall–Kier alpha value is -2.03. The van der Waals surface area contributed by atoms with Gasteiger partial charge in [0.15, 0.2) is 0 Å². The Morgan fingerprint density at radius 1 is 1.00 bits per heavy atom. The van der Waals surface area contributed by atoms with Crippen molar-refractivity contribution in [2.75, 3.05) is 31.1 Å². The van der Waals surface area contributed by atoms with E-state index in [0.29, 0.717) is 26.2 Å². The Morgan fingerprint density at radius 3 is 2.36 bits per heavy atom. The van der Waals surface area contributed by atoms with Gasteiger partial charge in [0.1, 0.15) is 16.5 Å². The normalized spacial score (nSPS) is 16.0. The maximum atomic E-state index is 12.8. The molecule has 0 unspecified atom stereocenters. The van der Waals surface area contributed by atoms with Crippen LogP contribution in [0.3, 0.4) is 0 Å². The summed E-state index contributed by atoms with van der Waals surface area (Å²) in [4.78, 5) is 13.8. The first-order valence-electron chi connectivity index (χ1n) is 9.36. The van der Waals surface area contributed by atoms with Crippen LogP contribution >= 0.6 is 11.3 Å². The van der Waals surface area contributed by atoms with Crippen LogP contribution in [-0.2, 0) is 15.8 Å². The summed E-state index contributed by atoms with van der Waals surface area (Å²) in [7, 11) is -3.32. The van der Waals surface area contributed by atoms with Gasteiger partial charge in [-0.25, -0.2) is 18.4 Å². The number of fused-ring (bicyclic) bond motifs is 1. The molecule has 0 atom stereocenters. The van der Waals surface area contributed by atoms with E-state index >= 15 is 0 Å². The average molecular weight is 417 g/mol. The van der Waals surface area contributed by atoms with Crippen LogP contribution in [0, 0.1) is 20.8 Å². The summed E-state index contributed by atoms with van der Waals surface area (Å²) in [6.07, 6.45) is 0. The smallest absolute Gasteiger partial charge is 0.218 e. The number of thiophene rings is 1. The van der Waals surface area contributed by atoms with Crippen LogP contribution in [-0.4, -0.2) is 48.9 Å². The molecule has 3 aromatic rings. The average Bonchev–Trinajstić information content (AvgIpc) is 2.95. The van der Waals surface area contributed by atoms with Gasteiger partial charge >= 0.3 is 0 Å². The van der Waals surface area contributed by atoms with Gasteiger partial charge in [-0.15, -0.1) is 11.3 Å². The molecule has 0 spiro atoms. The third-order valence-corrected chi connectivity index (χ3v) is 8.20. The molecule has 1 fully saturated rings. The monoisotopic (exact) mass is 416 g/mol. The molecule has 4 rings (SSSR count). The first-order valence-corrected chi connectivity index (χ1v) is 11.8. The molecule has 0 saturated carbocycles. The van der Waals surface area contributed by atoms with Crippen molar-refractivity contribution >= 4 is 37.4 Å². The Morgan fingerprint density at radius 2 is 1.68 bits per heavy atom. The van der Waals surface area contributed by atoms with Crippen molar-refractivity contribution in [2.24, 2.45) is 0 Å². The maximum Gasteiger partial charge on any atom is 0.218 e. The van der Waals surface area contributed by atoms with Crippen LogP contribution in [0.2, 0.25) is 0 Å². The van der Waals surface area contributed by atoms with Crippen molar-refractivity contribution in [3.63, 3.8) is 0 Å². The van der Waals surface area contributed by atoms with Crippen LogP contribution in [0.25, 0.3) is 10.2 Å². The zero-order chi connectivity index (χ0) is 19.9. The van der Waals surface area contributed by atoms with Gasteiger partial charge < -0.3 is 4.90 Å². The highest BCUT2D eigenvalue weighted by Gasteiger charge is 2.29. The fourth-order valence-corrected chi connectivity index (χ4v) is 6.20. The quantitative estimate of drug-likeness (QED) is 0.653. The number of hydrogen-bond donors (Lipinski definition) is 0. The van der Waals surface area contributed by atoms with Gasteiger partial charge in [0, 0.05) is 31.1 Å². The molecule has 1 aromatic carbocycles. The molecule has 28 heavy (non-hydrogen) atoms. The SMILES string of the molecule is Cc1nc(N2CCN(S(=O)(=O)Cc3ccccc3)CC2)c2c(C)c(C)sc2n1. The minimum atomic E-state index is -3.32. The number of rotatable bonds is 4. The summed E-state index contributed by atoms with van der Waals surface area (Å²) in [6, 6.07) is 9.35. The summed E-state index contributed by atoms with van der Waals surface area (Å²) in [5, 5.41) is 1.11. The molecule has 1 aliphatic heterocycles. The lowest BCUT2D eigenvalue weighted by Crippen LogP contribution is -2.49. The van der Waals surface area contributed by atoms with Crippen molar-refractivity contribution in [3.05, 3.63) is 52.2 Å². The molecule has 6 nitrogen and oxygen atoms in total. The predicted molar refractivity (Wildman–Crippen MR) is 114 cm³/mol. The molecule has 148 valence electrons. The Labute approximate surface area is 169 Å². The summed E-state index contributed by atoms with van der Waals surface area (Å²) in [6.45, 7) is 8.34. The van der Waals surface area contributed by atoms with Crippen molar-refractivity contribution in [3.8, 4) is 0 Å². The van der Waals surface area contributed by atoms with E-state index in [-0.39, 0.29) is 5.75 Å². The molecular weight excluding hydrogens is 392 g/mol. The first-order chi connectivity index (χ1) is 13.3. The number of hydrogen-bond acceptors (Lipinski definition) is 6. The largest absolute Gasteiger partial charge is 0.353 e. The number of anilines is 1. The number of nitrogens with zero attached hydrogens (tertiary/aromatic N) is 4. The molecule has 0 bridgehead atoms. The summed E-state index contributed by atoms with van der Waals surface area (Å²) < 4.78 is 27.2. The first kappa shape index (κ1) is 19.3. The van der Waals surface area contributed by atoms with Gasteiger partial charge in [-0.3, -0.25) is 0 Å².